The molecule has 88 valence electrons. The molecule has 0 aliphatic carbocycles. The third-order valence-corrected chi connectivity index (χ3v) is 4.76. The molecule has 4 nitrogen and oxygen atoms in total. The summed E-state index contributed by atoms with van der Waals surface area (Å²) < 4.78 is 0.954. The highest BCUT2D eigenvalue weighted by atomic mass is 32.2. The number of aliphatic hydroxyl groups excluding tert-OH is 1. The molecular formula is C11H10N2O2S2. The molecule has 1 aromatic heterocycles. The van der Waals surface area contributed by atoms with Crippen molar-refractivity contribution < 1.29 is 10.2 Å². The third kappa shape index (κ3) is 2.03. The third-order valence-electron chi connectivity index (χ3n) is 2.48. The minimum atomic E-state index is -0.00425. The van der Waals surface area contributed by atoms with Crippen molar-refractivity contribution in [3.8, 4) is 5.75 Å². The Morgan fingerprint density at radius 2 is 2.29 bits per heavy atom. The number of aromatic nitrogens is 1. The molecule has 1 aliphatic heterocycles. The van der Waals surface area contributed by atoms with E-state index in [0.717, 1.165) is 26.0 Å². The molecule has 2 N–H and O–H groups in total. The Morgan fingerprint density at radius 1 is 1.41 bits per heavy atom. The van der Waals surface area contributed by atoms with Crippen molar-refractivity contribution in [1.29, 1.82) is 0 Å². The first-order valence-electron chi connectivity index (χ1n) is 5.17. The highest BCUT2D eigenvalue weighted by Crippen LogP contribution is 2.31. The van der Waals surface area contributed by atoms with Crippen LogP contribution in [0, 0.1) is 0 Å². The van der Waals surface area contributed by atoms with E-state index in [0.29, 0.717) is 0 Å². The lowest BCUT2D eigenvalue weighted by Gasteiger charge is -1.95. The summed E-state index contributed by atoms with van der Waals surface area (Å²) in [5.41, 5.74) is 0.874. The monoisotopic (exact) mass is 266 g/mol. The van der Waals surface area contributed by atoms with E-state index in [2.05, 4.69) is 9.98 Å². The number of hydrogen-bond acceptors (Lipinski definition) is 6. The molecule has 0 saturated carbocycles. The average Bonchev–Trinajstić information content (AvgIpc) is 2.93. The van der Waals surface area contributed by atoms with Crippen LogP contribution in [0.5, 0.6) is 5.75 Å². The van der Waals surface area contributed by atoms with E-state index in [4.69, 9.17) is 5.11 Å². The number of aliphatic imine (C=N–C) groups is 1. The van der Waals surface area contributed by atoms with Crippen LogP contribution in [0.15, 0.2) is 23.2 Å². The number of benzene rings is 1. The van der Waals surface area contributed by atoms with E-state index < -0.39 is 0 Å². The molecule has 0 radical (unpaired) electrons. The summed E-state index contributed by atoms with van der Waals surface area (Å²) in [7, 11) is 0. The van der Waals surface area contributed by atoms with E-state index in [1.807, 2.05) is 0 Å². The van der Waals surface area contributed by atoms with Crippen molar-refractivity contribution in [2.45, 2.75) is 6.04 Å². The lowest BCUT2D eigenvalue weighted by Crippen LogP contribution is -2.08. The zero-order valence-electron chi connectivity index (χ0n) is 8.83. The molecule has 2 aromatic rings. The van der Waals surface area contributed by atoms with Crippen LogP contribution in [-0.2, 0) is 0 Å². The van der Waals surface area contributed by atoms with Crippen LogP contribution >= 0.6 is 23.1 Å². The molecule has 0 bridgehead atoms. The standard InChI is InChI=1S/C11H10N2O2S2/c14-4-6-5-16-10(12-6)11-13-8-2-1-7(15)3-9(8)17-11/h1-3,6,14-15H,4-5H2. The maximum Gasteiger partial charge on any atom is 0.149 e. The first kappa shape index (κ1) is 11.0. The summed E-state index contributed by atoms with van der Waals surface area (Å²) >= 11 is 3.14. The summed E-state index contributed by atoms with van der Waals surface area (Å²) in [6, 6.07) is 5.14. The van der Waals surface area contributed by atoms with E-state index in [-0.39, 0.29) is 18.4 Å². The minimum Gasteiger partial charge on any atom is -0.508 e. The number of thiazole rings is 1. The highest BCUT2D eigenvalue weighted by molar-refractivity contribution is 8.15. The Morgan fingerprint density at radius 3 is 3.06 bits per heavy atom. The number of aliphatic hydroxyl groups is 1. The fourth-order valence-corrected chi connectivity index (χ4v) is 3.75. The molecule has 0 saturated heterocycles. The quantitative estimate of drug-likeness (QED) is 0.870. The number of fused-ring (bicyclic) bond motifs is 1. The van der Waals surface area contributed by atoms with Crippen LogP contribution in [0.2, 0.25) is 0 Å². The molecule has 1 aliphatic rings. The Kier molecular flexibility index (Phi) is 2.78. The predicted molar refractivity (Wildman–Crippen MR) is 71.2 cm³/mol. The number of phenolic OH excluding ortho intramolecular Hbond substituents is 1. The van der Waals surface area contributed by atoms with Gasteiger partial charge < -0.3 is 10.2 Å². The SMILES string of the molecule is OCC1CSC(c2nc3ccc(O)cc3s2)=N1. The number of rotatable bonds is 2. The van der Waals surface area contributed by atoms with E-state index in [1.165, 1.54) is 11.3 Å². The van der Waals surface area contributed by atoms with Gasteiger partial charge in [-0.25, -0.2) is 4.98 Å². The van der Waals surface area contributed by atoms with Gasteiger partial charge in [0.2, 0.25) is 0 Å². The topological polar surface area (TPSA) is 65.7 Å². The first-order chi connectivity index (χ1) is 8.26. The largest absolute Gasteiger partial charge is 0.508 e. The smallest absolute Gasteiger partial charge is 0.149 e. The van der Waals surface area contributed by atoms with Gasteiger partial charge in [-0.15, -0.1) is 23.1 Å². The lowest BCUT2D eigenvalue weighted by molar-refractivity contribution is 0.277. The van der Waals surface area contributed by atoms with Crippen LogP contribution in [0.1, 0.15) is 5.01 Å². The van der Waals surface area contributed by atoms with Crippen molar-refractivity contribution in [3.05, 3.63) is 23.2 Å². The second kappa shape index (κ2) is 4.29. The highest BCUT2D eigenvalue weighted by Gasteiger charge is 2.21. The van der Waals surface area contributed by atoms with Crippen molar-refractivity contribution >= 4 is 38.4 Å². The van der Waals surface area contributed by atoms with Gasteiger partial charge in [0, 0.05) is 5.75 Å². The van der Waals surface area contributed by atoms with Gasteiger partial charge in [0.15, 0.2) is 0 Å². The fourth-order valence-electron chi connectivity index (χ4n) is 1.63. The minimum absolute atomic E-state index is 0.00425. The van der Waals surface area contributed by atoms with E-state index in [9.17, 15) is 5.11 Å². The lowest BCUT2D eigenvalue weighted by atomic mass is 10.3. The van der Waals surface area contributed by atoms with Gasteiger partial charge in [0.1, 0.15) is 15.8 Å². The van der Waals surface area contributed by atoms with Crippen LogP contribution in [0.3, 0.4) is 0 Å². The molecule has 1 atom stereocenters. The summed E-state index contributed by atoms with van der Waals surface area (Å²) in [6.45, 7) is 0.0855. The Labute approximate surface area is 106 Å². The van der Waals surface area contributed by atoms with Crippen LogP contribution in [0.25, 0.3) is 10.2 Å². The second-order valence-corrected chi connectivity index (χ2v) is 5.79. The molecule has 0 spiro atoms. The van der Waals surface area contributed by atoms with Crippen molar-refractivity contribution in [3.63, 3.8) is 0 Å². The number of thioether (sulfide) groups is 1. The molecule has 3 rings (SSSR count). The van der Waals surface area contributed by atoms with Gasteiger partial charge in [0.25, 0.3) is 0 Å². The number of hydrogen-bond donors (Lipinski definition) is 2. The summed E-state index contributed by atoms with van der Waals surface area (Å²) in [5.74, 6) is 1.06. The Hall–Kier alpha value is -1.11. The van der Waals surface area contributed by atoms with Gasteiger partial charge in [-0.05, 0) is 18.2 Å². The molecule has 1 aromatic carbocycles. The number of aromatic hydroxyl groups is 1. The second-order valence-electron chi connectivity index (χ2n) is 3.75. The van der Waals surface area contributed by atoms with Crippen molar-refractivity contribution in [2.24, 2.45) is 4.99 Å². The summed E-state index contributed by atoms with van der Waals surface area (Å²) in [6.07, 6.45) is 0. The molecule has 1 unspecified atom stereocenters. The summed E-state index contributed by atoms with van der Waals surface area (Å²) in [4.78, 5) is 8.89. The average molecular weight is 266 g/mol. The Balaban J connectivity index is 2.01. The fraction of sp³-hybridized carbons (Fsp3) is 0.273. The normalized spacial score (nSPS) is 19.8. The summed E-state index contributed by atoms with van der Waals surface area (Å²) in [5, 5.41) is 20.2. The Bertz CT molecular complexity index is 594. The van der Waals surface area contributed by atoms with Gasteiger partial charge >= 0.3 is 0 Å². The van der Waals surface area contributed by atoms with Crippen LogP contribution in [-0.4, -0.2) is 38.6 Å². The van der Waals surface area contributed by atoms with E-state index >= 15 is 0 Å². The van der Waals surface area contributed by atoms with Gasteiger partial charge in [-0.2, -0.15) is 0 Å². The first-order valence-corrected chi connectivity index (χ1v) is 6.98. The predicted octanol–water partition coefficient (Wildman–Crippen LogP) is 1.86. The number of nitrogens with zero attached hydrogens (tertiary/aromatic N) is 2. The molecule has 2 heterocycles. The molecule has 0 fully saturated rings. The van der Waals surface area contributed by atoms with Gasteiger partial charge in [-0.1, -0.05) is 0 Å². The van der Waals surface area contributed by atoms with E-state index in [1.54, 1.807) is 30.0 Å². The maximum absolute atomic E-state index is 9.40. The van der Waals surface area contributed by atoms with Crippen molar-refractivity contribution in [2.75, 3.05) is 12.4 Å². The van der Waals surface area contributed by atoms with Crippen LogP contribution in [0.4, 0.5) is 0 Å². The molecule has 0 amide bonds. The molecule has 6 heteroatoms. The zero-order valence-corrected chi connectivity index (χ0v) is 10.5. The molecular weight excluding hydrogens is 256 g/mol. The van der Waals surface area contributed by atoms with Crippen LogP contribution < -0.4 is 0 Å². The molecule has 17 heavy (non-hydrogen) atoms. The van der Waals surface area contributed by atoms with Crippen molar-refractivity contribution in [1.82, 2.24) is 4.98 Å². The zero-order chi connectivity index (χ0) is 11.8. The van der Waals surface area contributed by atoms with Gasteiger partial charge in [0.05, 0.1) is 22.9 Å². The maximum atomic E-state index is 9.40. The number of phenols is 1. The van der Waals surface area contributed by atoms with Gasteiger partial charge in [-0.3, -0.25) is 4.99 Å².